The van der Waals surface area contributed by atoms with E-state index < -0.39 is 6.10 Å². The Morgan fingerprint density at radius 1 is 1.05 bits per heavy atom. The number of halogens is 2. The molecule has 2 rings (SSSR count). The molecule has 1 atom stereocenters. The van der Waals surface area contributed by atoms with E-state index in [1.54, 1.807) is 6.07 Å². The Balaban J connectivity index is 2.08. The van der Waals surface area contributed by atoms with E-state index in [9.17, 15) is 9.50 Å². The van der Waals surface area contributed by atoms with E-state index >= 15 is 0 Å². The third-order valence-corrected chi connectivity index (χ3v) is 4.17. The van der Waals surface area contributed by atoms with Crippen molar-refractivity contribution in [3.05, 3.63) is 68.9 Å². The third kappa shape index (κ3) is 3.90. The van der Waals surface area contributed by atoms with E-state index in [-0.39, 0.29) is 5.82 Å². The number of aliphatic hydroxyl groups is 1. The van der Waals surface area contributed by atoms with Crippen LogP contribution in [0, 0.1) is 19.7 Å². The fraction of sp³-hybridized carbons (Fsp3) is 0.294. The van der Waals surface area contributed by atoms with Crippen molar-refractivity contribution in [1.29, 1.82) is 0 Å². The summed E-state index contributed by atoms with van der Waals surface area (Å²) < 4.78 is 13.7. The van der Waals surface area contributed by atoms with Crippen LogP contribution in [0.15, 0.2) is 40.9 Å². The van der Waals surface area contributed by atoms with Gasteiger partial charge < -0.3 is 5.11 Å². The lowest BCUT2D eigenvalue weighted by Crippen LogP contribution is -2.15. The first kappa shape index (κ1) is 15.2. The highest BCUT2D eigenvalue weighted by Gasteiger charge is 2.11. The second kappa shape index (κ2) is 6.51. The third-order valence-electron chi connectivity index (χ3n) is 3.43. The maximum Gasteiger partial charge on any atom is 0.124 e. The van der Waals surface area contributed by atoms with Crippen molar-refractivity contribution in [3.8, 4) is 0 Å². The van der Waals surface area contributed by atoms with Crippen LogP contribution in [-0.2, 0) is 12.8 Å². The molecule has 0 bridgehead atoms. The first-order chi connectivity index (χ1) is 9.45. The molecule has 1 unspecified atom stereocenters. The van der Waals surface area contributed by atoms with Crippen LogP contribution in [0.2, 0.25) is 0 Å². The summed E-state index contributed by atoms with van der Waals surface area (Å²) in [6.45, 7) is 4.10. The zero-order valence-electron chi connectivity index (χ0n) is 11.7. The predicted octanol–water partition coefficient (Wildman–Crippen LogP) is 4.35. The maximum absolute atomic E-state index is 13.0. The lowest BCUT2D eigenvalue weighted by molar-refractivity contribution is 0.175. The summed E-state index contributed by atoms with van der Waals surface area (Å²) in [7, 11) is 0. The van der Waals surface area contributed by atoms with E-state index in [0.717, 1.165) is 11.1 Å². The van der Waals surface area contributed by atoms with Crippen LogP contribution in [0.25, 0.3) is 0 Å². The molecule has 3 heteroatoms. The largest absolute Gasteiger partial charge is 0.392 e. The molecule has 0 aliphatic rings. The number of aliphatic hydroxyl groups excluding tert-OH is 1. The first-order valence-electron chi connectivity index (χ1n) is 6.64. The van der Waals surface area contributed by atoms with Gasteiger partial charge in [-0.1, -0.05) is 45.8 Å². The van der Waals surface area contributed by atoms with Crippen LogP contribution in [0.3, 0.4) is 0 Å². The van der Waals surface area contributed by atoms with E-state index in [4.69, 9.17) is 0 Å². The zero-order valence-corrected chi connectivity index (χ0v) is 13.2. The van der Waals surface area contributed by atoms with Gasteiger partial charge in [-0.15, -0.1) is 0 Å². The molecule has 106 valence electrons. The Morgan fingerprint density at radius 3 is 2.45 bits per heavy atom. The summed E-state index contributed by atoms with van der Waals surface area (Å²) >= 11 is 3.34. The molecular weight excluding hydrogens is 319 g/mol. The highest BCUT2D eigenvalue weighted by molar-refractivity contribution is 9.10. The van der Waals surface area contributed by atoms with Gasteiger partial charge in [-0.2, -0.15) is 0 Å². The van der Waals surface area contributed by atoms with E-state index in [1.165, 1.54) is 23.3 Å². The number of aryl methyl sites for hydroxylation is 2. The number of benzene rings is 2. The highest BCUT2D eigenvalue weighted by Crippen LogP contribution is 2.21. The monoisotopic (exact) mass is 336 g/mol. The SMILES string of the molecule is Cc1ccc(C)c(CC(O)Cc2ccc(F)cc2Br)c1. The summed E-state index contributed by atoms with van der Waals surface area (Å²) in [6.07, 6.45) is 0.642. The lowest BCUT2D eigenvalue weighted by Gasteiger charge is -2.14. The summed E-state index contributed by atoms with van der Waals surface area (Å²) in [5, 5.41) is 10.3. The van der Waals surface area contributed by atoms with Crippen molar-refractivity contribution in [1.82, 2.24) is 0 Å². The minimum atomic E-state index is -0.475. The number of hydrogen-bond donors (Lipinski definition) is 1. The first-order valence-corrected chi connectivity index (χ1v) is 7.43. The summed E-state index contributed by atoms with van der Waals surface area (Å²) in [6, 6.07) is 10.8. The van der Waals surface area contributed by atoms with Crippen LogP contribution in [0.5, 0.6) is 0 Å². The quantitative estimate of drug-likeness (QED) is 0.879. The molecule has 0 saturated carbocycles. The van der Waals surface area contributed by atoms with E-state index in [1.807, 2.05) is 6.92 Å². The molecule has 0 radical (unpaired) electrons. The smallest absolute Gasteiger partial charge is 0.124 e. The summed E-state index contributed by atoms with van der Waals surface area (Å²) in [5.74, 6) is -0.273. The molecule has 0 heterocycles. The van der Waals surface area contributed by atoms with Gasteiger partial charge in [0.1, 0.15) is 5.82 Å². The number of rotatable bonds is 4. The van der Waals surface area contributed by atoms with Crippen molar-refractivity contribution in [3.63, 3.8) is 0 Å². The van der Waals surface area contributed by atoms with Gasteiger partial charge in [0, 0.05) is 4.47 Å². The Bertz CT molecular complexity index is 610. The minimum absolute atomic E-state index is 0.273. The van der Waals surface area contributed by atoms with Gasteiger partial charge in [-0.25, -0.2) is 4.39 Å². The van der Waals surface area contributed by atoms with Crippen LogP contribution >= 0.6 is 15.9 Å². The van der Waals surface area contributed by atoms with Gasteiger partial charge in [-0.3, -0.25) is 0 Å². The zero-order chi connectivity index (χ0) is 14.7. The maximum atomic E-state index is 13.0. The molecule has 1 nitrogen and oxygen atoms in total. The van der Waals surface area contributed by atoms with E-state index in [2.05, 4.69) is 41.1 Å². The molecule has 1 N–H and O–H groups in total. The Labute approximate surface area is 127 Å². The summed E-state index contributed by atoms with van der Waals surface area (Å²) in [4.78, 5) is 0. The predicted molar refractivity (Wildman–Crippen MR) is 83.4 cm³/mol. The normalized spacial score (nSPS) is 12.4. The molecule has 20 heavy (non-hydrogen) atoms. The Hall–Kier alpha value is -1.19. The molecule has 2 aromatic carbocycles. The van der Waals surface area contributed by atoms with Crippen molar-refractivity contribution in [2.75, 3.05) is 0 Å². The second-order valence-electron chi connectivity index (χ2n) is 5.23. The van der Waals surface area contributed by atoms with Crippen molar-refractivity contribution < 1.29 is 9.50 Å². The van der Waals surface area contributed by atoms with Crippen LogP contribution < -0.4 is 0 Å². The Kier molecular flexibility index (Phi) is 4.95. The molecule has 0 aliphatic heterocycles. The molecule has 0 aromatic heterocycles. The van der Waals surface area contributed by atoms with Crippen LogP contribution in [0.4, 0.5) is 4.39 Å². The van der Waals surface area contributed by atoms with Gasteiger partial charge in [0.15, 0.2) is 0 Å². The summed E-state index contributed by atoms with van der Waals surface area (Å²) in [5.41, 5.74) is 4.47. The molecule has 0 saturated heterocycles. The highest BCUT2D eigenvalue weighted by atomic mass is 79.9. The van der Waals surface area contributed by atoms with Gasteiger partial charge in [-0.05, 0) is 55.5 Å². The molecular formula is C17H18BrFO. The fourth-order valence-electron chi connectivity index (χ4n) is 2.29. The molecule has 0 aliphatic carbocycles. The average molecular weight is 337 g/mol. The fourth-order valence-corrected chi connectivity index (χ4v) is 2.80. The van der Waals surface area contributed by atoms with Gasteiger partial charge in [0.25, 0.3) is 0 Å². The lowest BCUT2D eigenvalue weighted by atomic mass is 9.97. The van der Waals surface area contributed by atoms with Crippen molar-refractivity contribution in [2.24, 2.45) is 0 Å². The Morgan fingerprint density at radius 2 is 1.75 bits per heavy atom. The van der Waals surface area contributed by atoms with Crippen molar-refractivity contribution in [2.45, 2.75) is 32.8 Å². The van der Waals surface area contributed by atoms with Gasteiger partial charge >= 0.3 is 0 Å². The molecule has 0 fully saturated rings. The average Bonchev–Trinajstić information content (AvgIpc) is 2.37. The minimum Gasteiger partial charge on any atom is -0.392 e. The van der Waals surface area contributed by atoms with Gasteiger partial charge in [0.2, 0.25) is 0 Å². The van der Waals surface area contributed by atoms with Crippen LogP contribution in [0.1, 0.15) is 22.3 Å². The van der Waals surface area contributed by atoms with E-state index in [0.29, 0.717) is 17.3 Å². The topological polar surface area (TPSA) is 20.2 Å². The number of hydrogen-bond acceptors (Lipinski definition) is 1. The molecule has 2 aromatic rings. The van der Waals surface area contributed by atoms with Gasteiger partial charge in [0.05, 0.1) is 6.10 Å². The molecule has 0 spiro atoms. The standard InChI is InChI=1S/C17H18BrFO/c1-11-3-4-12(2)14(7-11)9-16(20)8-13-5-6-15(19)10-17(13)18/h3-7,10,16,20H,8-9H2,1-2H3. The molecule has 0 amide bonds. The second-order valence-corrected chi connectivity index (χ2v) is 6.08. The van der Waals surface area contributed by atoms with Crippen molar-refractivity contribution >= 4 is 15.9 Å². The van der Waals surface area contributed by atoms with Crippen LogP contribution in [-0.4, -0.2) is 11.2 Å².